The number of aliphatic carboxylic acids is 1. The predicted molar refractivity (Wildman–Crippen MR) is 56.9 cm³/mol. The molecule has 72 valence electrons. The lowest BCUT2D eigenvalue weighted by atomic mass is 10.2. The second kappa shape index (κ2) is 5.02. The minimum Gasteiger partial charge on any atom is -0.478 e. The Bertz CT molecular complexity index is 361. The topological polar surface area (TPSA) is 37.3 Å². The van der Waals surface area contributed by atoms with Crippen LogP contribution < -0.4 is 0 Å². The zero-order valence-corrected chi connectivity index (χ0v) is 7.97. The van der Waals surface area contributed by atoms with E-state index in [1.807, 2.05) is 36.4 Å². The van der Waals surface area contributed by atoms with Crippen molar-refractivity contribution in [1.29, 1.82) is 0 Å². The molecule has 0 heterocycles. The summed E-state index contributed by atoms with van der Waals surface area (Å²) in [6.07, 6.45) is 5.18. The van der Waals surface area contributed by atoms with E-state index in [0.717, 1.165) is 5.56 Å². The first kappa shape index (κ1) is 10.3. The molecule has 0 aromatic heterocycles. The lowest BCUT2D eigenvalue weighted by Crippen LogP contribution is -1.94. The summed E-state index contributed by atoms with van der Waals surface area (Å²) in [5, 5.41) is 8.58. The Hall–Kier alpha value is -1.83. The summed E-state index contributed by atoms with van der Waals surface area (Å²) >= 11 is 0. The zero-order valence-electron chi connectivity index (χ0n) is 7.97. The number of carboxylic acid groups (broad SMARTS) is 1. The molecule has 0 radical (unpaired) electrons. The van der Waals surface area contributed by atoms with Crippen molar-refractivity contribution in [1.82, 2.24) is 0 Å². The van der Waals surface area contributed by atoms with Gasteiger partial charge in [0.2, 0.25) is 0 Å². The van der Waals surface area contributed by atoms with Gasteiger partial charge in [-0.3, -0.25) is 0 Å². The summed E-state index contributed by atoms with van der Waals surface area (Å²) in [7, 11) is 0. The standard InChI is InChI=1S/C12H12O2/c1-10(12(13)14)6-5-9-11-7-3-2-4-8-11/h2-9H,1H3,(H,13,14)/b9-5?,10-6+. The van der Waals surface area contributed by atoms with Crippen molar-refractivity contribution in [2.45, 2.75) is 6.92 Å². The maximum absolute atomic E-state index is 10.4. The fourth-order valence-electron chi connectivity index (χ4n) is 0.939. The Morgan fingerprint density at radius 2 is 1.93 bits per heavy atom. The van der Waals surface area contributed by atoms with Gasteiger partial charge in [-0.25, -0.2) is 4.79 Å². The number of carboxylic acids is 1. The largest absolute Gasteiger partial charge is 0.478 e. The zero-order chi connectivity index (χ0) is 10.4. The van der Waals surface area contributed by atoms with Crippen molar-refractivity contribution in [2.75, 3.05) is 0 Å². The highest BCUT2D eigenvalue weighted by Gasteiger charge is 1.95. The van der Waals surface area contributed by atoms with E-state index in [1.54, 1.807) is 19.1 Å². The molecule has 1 N–H and O–H groups in total. The van der Waals surface area contributed by atoms with Crippen LogP contribution in [0, 0.1) is 0 Å². The van der Waals surface area contributed by atoms with E-state index in [9.17, 15) is 4.79 Å². The molecule has 0 spiro atoms. The van der Waals surface area contributed by atoms with Crippen LogP contribution in [0.5, 0.6) is 0 Å². The average molecular weight is 188 g/mol. The van der Waals surface area contributed by atoms with E-state index >= 15 is 0 Å². The monoisotopic (exact) mass is 188 g/mol. The first-order valence-corrected chi connectivity index (χ1v) is 4.33. The second-order valence-electron chi connectivity index (χ2n) is 2.92. The summed E-state index contributed by atoms with van der Waals surface area (Å²) in [5.74, 6) is -0.886. The molecule has 0 bridgehead atoms. The van der Waals surface area contributed by atoms with Gasteiger partial charge < -0.3 is 5.11 Å². The van der Waals surface area contributed by atoms with Gasteiger partial charge in [-0.15, -0.1) is 0 Å². The van der Waals surface area contributed by atoms with Gasteiger partial charge in [-0.2, -0.15) is 0 Å². The quantitative estimate of drug-likeness (QED) is 0.585. The van der Waals surface area contributed by atoms with E-state index in [-0.39, 0.29) is 0 Å². The molecule has 0 fully saturated rings. The SMILES string of the molecule is C/C(=C\C=Cc1ccccc1)C(=O)O. The third kappa shape index (κ3) is 3.27. The molecular weight excluding hydrogens is 176 g/mol. The van der Waals surface area contributed by atoms with Crippen molar-refractivity contribution in [2.24, 2.45) is 0 Å². The summed E-state index contributed by atoms with van der Waals surface area (Å²) in [4.78, 5) is 10.4. The molecule has 1 aromatic carbocycles. The van der Waals surface area contributed by atoms with Gasteiger partial charge in [-0.05, 0) is 12.5 Å². The minimum atomic E-state index is -0.886. The Balaban J connectivity index is 2.66. The lowest BCUT2D eigenvalue weighted by molar-refractivity contribution is -0.132. The third-order valence-electron chi connectivity index (χ3n) is 1.77. The van der Waals surface area contributed by atoms with Crippen LogP contribution in [0.15, 0.2) is 48.1 Å². The van der Waals surface area contributed by atoms with Crippen LogP contribution in [0.3, 0.4) is 0 Å². The maximum atomic E-state index is 10.4. The predicted octanol–water partition coefficient (Wildman–Crippen LogP) is 2.73. The Morgan fingerprint density at radius 3 is 2.50 bits per heavy atom. The van der Waals surface area contributed by atoms with Gasteiger partial charge in [0.1, 0.15) is 0 Å². The highest BCUT2D eigenvalue weighted by atomic mass is 16.4. The normalized spacial score (nSPS) is 11.9. The Kier molecular flexibility index (Phi) is 3.68. The fraction of sp³-hybridized carbons (Fsp3) is 0.0833. The van der Waals surface area contributed by atoms with Crippen molar-refractivity contribution < 1.29 is 9.90 Å². The molecule has 0 unspecified atom stereocenters. The molecule has 14 heavy (non-hydrogen) atoms. The van der Waals surface area contributed by atoms with Crippen LogP contribution in [0.1, 0.15) is 12.5 Å². The van der Waals surface area contributed by atoms with E-state index in [2.05, 4.69) is 0 Å². The molecule has 0 saturated heterocycles. The van der Waals surface area contributed by atoms with Gasteiger partial charge in [0.25, 0.3) is 0 Å². The number of benzene rings is 1. The Morgan fingerprint density at radius 1 is 1.29 bits per heavy atom. The molecule has 0 atom stereocenters. The van der Waals surface area contributed by atoms with Crippen LogP contribution in [-0.4, -0.2) is 11.1 Å². The van der Waals surface area contributed by atoms with Crippen LogP contribution in [0.25, 0.3) is 6.08 Å². The van der Waals surface area contributed by atoms with E-state index in [1.165, 1.54) is 0 Å². The molecule has 1 rings (SSSR count). The van der Waals surface area contributed by atoms with Crippen LogP contribution in [0.4, 0.5) is 0 Å². The van der Waals surface area contributed by atoms with Gasteiger partial charge in [-0.1, -0.05) is 48.6 Å². The van der Waals surface area contributed by atoms with E-state index < -0.39 is 5.97 Å². The van der Waals surface area contributed by atoms with Gasteiger partial charge in [0.15, 0.2) is 0 Å². The van der Waals surface area contributed by atoms with Crippen molar-refractivity contribution in [3.63, 3.8) is 0 Å². The first-order chi connectivity index (χ1) is 6.70. The molecule has 0 aliphatic heterocycles. The van der Waals surface area contributed by atoms with Crippen LogP contribution in [-0.2, 0) is 4.79 Å². The Labute approximate surface area is 83.2 Å². The molecule has 0 aliphatic rings. The van der Waals surface area contributed by atoms with Crippen molar-refractivity contribution >= 4 is 12.0 Å². The highest BCUT2D eigenvalue weighted by Crippen LogP contribution is 2.02. The first-order valence-electron chi connectivity index (χ1n) is 4.33. The van der Waals surface area contributed by atoms with Crippen LogP contribution >= 0.6 is 0 Å². The summed E-state index contributed by atoms with van der Waals surface area (Å²) in [5.41, 5.74) is 1.39. The highest BCUT2D eigenvalue weighted by molar-refractivity contribution is 5.86. The van der Waals surface area contributed by atoms with E-state index in [0.29, 0.717) is 5.57 Å². The number of carbonyl (C=O) groups is 1. The molecule has 0 aliphatic carbocycles. The average Bonchev–Trinajstić information content (AvgIpc) is 2.19. The van der Waals surface area contributed by atoms with E-state index in [4.69, 9.17) is 5.11 Å². The van der Waals surface area contributed by atoms with Gasteiger partial charge in [0.05, 0.1) is 0 Å². The molecule has 1 aromatic rings. The molecule has 2 heteroatoms. The molecule has 0 amide bonds. The smallest absolute Gasteiger partial charge is 0.331 e. The molecule has 2 nitrogen and oxygen atoms in total. The number of rotatable bonds is 3. The van der Waals surface area contributed by atoms with Crippen LogP contribution in [0.2, 0.25) is 0 Å². The number of hydrogen-bond donors (Lipinski definition) is 1. The fourth-order valence-corrected chi connectivity index (χ4v) is 0.939. The summed E-state index contributed by atoms with van der Waals surface area (Å²) < 4.78 is 0. The number of hydrogen-bond acceptors (Lipinski definition) is 1. The van der Waals surface area contributed by atoms with Crippen molar-refractivity contribution in [3.05, 3.63) is 53.6 Å². The van der Waals surface area contributed by atoms with Crippen molar-refractivity contribution in [3.8, 4) is 0 Å². The second-order valence-corrected chi connectivity index (χ2v) is 2.92. The lowest BCUT2D eigenvalue weighted by Gasteiger charge is -1.90. The summed E-state index contributed by atoms with van der Waals surface area (Å²) in [6.45, 7) is 1.57. The molecule has 0 saturated carbocycles. The van der Waals surface area contributed by atoms with Gasteiger partial charge >= 0.3 is 5.97 Å². The summed E-state index contributed by atoms with van der Waals surface area (Å²) in [6, 6.07) is 9.73. The third-order valence-corrected chi connectivity index (χ3v) is 1.77. The number of allylic oxidation sites excluding steroid dienone is 2. The van der Waals surface area contributed by atoms with Gasteiger partial charge in [0, 0.05) is 5.57 Å². The molecular formula is C12H12O2. The minimum absolute atomic E-state index is 0.331. The maximum Gasteiger partial charge on any atom is 0.331 e.